The van der Waals surface area contributed by atoms with E-state index in [1.54, 1.807) is 0 Å². The lowest BCUT2D eigenvalue weighted by molar-refractivity contribution is -0.0218. The number of hydrogen-bond acceptors (Lipinski definition) is 6. The van der Waals surface area contributed by atoms with E-state index in [0.717, 1.165) is 0 Å². The Morgan fingerprint density at radius 1 is 0.750 bits per heavy atom. The molecule has 120 valence electrons. The molecule has 0 fully saturated rings. The lowest BCUT2D eigenvalue weighted by Crippen LogP contribution is -2.54. The van der Waals surface area contributed by atoms with Gasteiger partial charge in [-0.25, -0.2) is 0 Å². The van der Waals surface area contributed by atoms with Crippen LogP contribution in [0.5, 0.6) is 0 Å². The van der Waals surface area contributed by atoms with Crippen LogP contribution in [0.1, 0.15) is 48.5 Å². The molecule has 0 atom stereocenters. The Labute approximate surface area is 129 Å². The average molecular weight is 324 g/mol. The summed E-state index contributed by atoms with van der Waals surface area (Å²) >= 11 is -2.38. The third-order valence-corrected chi connectivity index (χ3v) is 7.35. The Morgan fingerprint density at radius 3 is 1.35 bits per heavy atom. The summed E-state index contributed by atoms with van der Waals surface area (Å²) in [5.74, 6) is 0. The van der Waals surface area contributed by atoms with Gasteiger partial charge < -0.3 is 24.3 Å². The molecule has 0 heterocycles. The van der Waals surface area contributed by atoms with Crippen LogP contribution in [0.15, 0.2) is 0 Å². The molecule has 6 nitrogen and oxygen atoms in total. The van der Waals surface area contributed by atoms with Crippen molar-refractivity contribution in [2.45, 2.75) is 60.7 Å². The summed E-state index contributed by atoms with van der Waals surface area (Å²) in [5.41, 5.74) is 0. The van der Waals surface area contributed by atoms with Crippen molar-refractivity contribution in [1.29, 1.82) is 0 Å². The Bertz CT molecular complexity index is 215. The molecule has 0 aromatic rings. The largest absolute Gasteiger partial charge is 0.899 e. The van der Waals surface area contributed by atoms with Crippen LogP contribution in [0.3, 0.4) is 0 Å². The first-order chi connectivity index (χ1) is 9.39. The number of rotatable bonds is 12. The van der Waals surface area contributed by atoms with E-state index in [2.05, 4.69) is 0 Å². The molecule has 0 aromatic heterocycles. The van der Waals surface area contributed by atoms with E-state index < -0.39 is 24.2 Å². The van der Waals surface area contributed by atoms with Gasteiger partial charge in [0, 0.05) is 32.0 Å². The van der Waals surface area contributed by atoms with E-state index in [-0.39, 0.29) is 12.2 Å². The predicted molar refractivity (Wildman–Crippen MR) is 79.9 cm³/mol. The highest BCUT2D eigenvalue weighted by atomic mass is 28.4. The van der Waals surface area contributed by atoms with Crippen LogP contribution in [-0.2, 0) is 24.3 Å². The summed E-state index contributed by atoms with van der Waals surface area (Å²) < 4.78 is 34.4. The second-order valence-electron chi connectivity index (χ2n) is 4.58. The van der Waals surface area contributed by atoms with Crippen molar-refractivity contribution in [1.82, 2.24) is 0 Å². The third kappa shape index (κ3) is 8.72. The fourth-order valence-corrected chi connectivity index (χ4v) is 5.87. The van der Waals surface area contributed by atoms with E-state index in [0.29, 0.717) is 19.8 Å². The van der Waals surface area contributed by atoms with Crippen molar-refractivity contribution >= 4 is 24.2 Å². The van der Waals surface area contributed by atoms with Gasteiger partial charge in [-0.2, -0.15) is 0 Å². The molecular weight excluding hydrogens is 295 g/mol. The normalized spacial score (nSPS) is 12.4. The third-order valence-electron chi connectivity index (χ3n) is 1.97. The van der Waals surface area contributed by atoms with Gasteiger partial charge in [0.15, 0.2) is 0 Å². The predicted octanol–water partition coefficient (Wildman–Crippen LogP) is 2.38. The van der Waals surface area contributed by atoms with Gasteiger partial charge in [-0.05, 0) is 48.5 Å². The van der Waals surface area contributed by atoms with Crippen LogP contribution in [0.25, 0.3) is 0 Å². The van der Waals surface area contributed by atoms with Crippen LogP contribution in [0, 0.1) is 0 Å². The molecule has 0 N–H and O–H groups in total. The molecule has 20 heavy (non-hydrogen) atoms. The van der Waals surface area contributed by atoms with E-state index in [1.807, 2.05) is 48.5 Å². The van der Waals surface area contributed by atoms with Crippen molar-refractivity contribution in [3.05, 3.63) is 0 Å². The Kier molecular flexibility index (Phi) is 11.4. The molecule has 0 aliphatic carbocycles. The average Bonchev–Trinajstić information content (AvgIpc) is 2.27. The van der Waals surface area contributed by atoms with Crippen molar-refractivity contribution in [3.8, 4) is 0 Å². The van der Waals surface area contributed by atoms with Gasteiger partial charge in [0.05, 0.1) is 0 Å². The molecule has 0 aliphatic rings. The molecule has 0 saturated carbocycles. The van der Waals surface area contributed by atoms with Crippen molar-refractivity contribution in [2.24, 2.45) is 0 Å². The van der Waals surface area contributed by atoms with Gasteiger partial charge in [-0.3, -0.25) is 0 Å². The van der Waals surface area contributed by atoms with Gasteiger partial charge in [0.25, 0.3) is 0 Å². The zero-order valence-electron chi connectivity index (χ0n) is 13.8. The molecule has 0 amide bonds. The van der Waals surface area contributed by atoms with Crippen LogP contribution in [-0.4, -0.2) is 56.2 Å². The van der Waals surface area contributed by atoms with Crippen LogP contribution < -0.4 is 0 Å². The molecular formula is C12H29AlO6Si. The van der Waals surface area contributed by atoms with E-state index in [4.69, 9.17) is 24.3 Å². The molecule has 0 saturated heterocycles. The van der Waals surface area contributed by atoms with Crippen molar-refractivity contribution in [2.75, 3.05) is 19.8 Å². The van der Waals surface area contributed by atoms with Gasteiger partial charge in [-0.15, -0.1) is 0 Å². The minimum atomic E-state index is -3.18. The molecule has 0 rings (SSSR count). The summed E-state index contributed by atoms with van der Waals surface area (Å²) in [4.78, 5) is 0. The van der Waals surface area contributed by atoms with Crippen molar-refractivity contribution in [3.63, 3.8) is 0 Å². The SMILES string of the molecule is CCO[Si](OCC)(OCC)[O][Al]([O]C(C)C)[O]C(C)C. The van der Waals surface area contributed by atoms with Gasteiger partial charge in [0.2, 0.25) is 0 Å². The molecule has 0 aliphatic heterocycles. The zero-order valence-corrected chi connectivity index (χ0v) is 16.0. The fourth-order valence-electron chi connectivity index (χ4n) is 1.41. The van der Waals surface area contributed by atoms with E-state index >= 15 is 0 Å². The van der Waals surface area contributed by atoms with Gasteiger partial charge in [0.1, 0.15) is 0 Å². The Morgan fingerprint density at radius 2 is 1.10 bits per heavy atom. The van der Waals surface area contributed by atoms with Crippen LogP contribution in [0.4, 0.5) is 0 Å². The molecule has 0 radical (unpaired) electrons. The summed E-state index contributed by atoms with van der Waals surface area (Å²) in [6.07, 6.45) is 0.0315. The minimum absolute atomic E-state index is 0.0157. The highest BCUT2D eigenvalue weighted by molar-refractivity contribution is 6.62. The molecule has 8 heteroatoms. The number of hydrogen-bond donors (Lipinski definition) is 0. The summed E-state index contributed by atoms with van der Waals surface area (Å²) in [5, 5.41) is 0. The molecule has 0 aromatic carbocycles. The molecule has 0 spiro atoms. The highest BCUT2D eigenvalue weighted by Gasteiger charge is 2.52. The maximum Gasteiger partial charge on any atom is 0.899 e. The smallest absolute Gasteiger partial charge is 0.453 e. The molecule has 0 unspecified atom stereocenters. The molecule has 0 bridgehead atoms. The Hall–Kier alpha value is 0.509. The lowest BCUT2D eigenvalue weighted by Gasteiger charge is -2.30. The van der Waals surface area contributed by atoms with Gasteiger partial charge in [-0.1, -0.05) is 0 Å². The first kappa shape index (κ1) is 20.5. The Balaban J connectivity index is 4.90. The topological polar surface area (TPSA) is 55.4 Å². The zero-order chi connectivity index (χ0) is 15.6. The lowest BCUT2D eigenvalue weighted by atomic mass is 10.5. The first-order valence-electron chi connectivity index (χ1n) is 7.29. The summed E-state index contributed by atoms with van der Waals surface area (Å²) in [7, 11) is -3.18. The maximum absolute atomic E-state index is 5.95. The van der Waals surface area contributed by atoms with E-state index in [1.165, 1.54) is 0 Å². The summed E-state index contributed by atoms with van der Waals surface area (Å²) in [6.45, 7) is 14.8. The standard InChI is InChI=1S/C6H15O4Si.2C3H7O.Al/c1-4-8-11(7,9-5-2)10-6-3;2*1-3(2)4;/h4-6H2,1-3H3;2*3H,1-2H3;/q3*-1;+3. The highest BCUT2D eigenvalue weighted by Crippen LogP contribution is 2.16. The minimum Gasteiger partial charge on any atom is -0.453 e. The van der Waals surface area contributed by atoms with Gasteiger partial charge >= 0.3 is 24.2 Å². The maximum atomic E-state index is 5.95. The van der Waals surface area contributed by atoms with E-state index in [9.17, 15) is 0 Å². The second kappa shape index (κ2) is 11.1. The van der Waals surface area contributed by atoms with Crippen LogP contribution in [0.2, 0.25) is 0 Å². The van der Waals surface area contributed by atoms with Crippen molar-refractivity contribution < 1.29 is 24.3 Å². The monoisotopic (exact) mass is 324 g/mol. The summed E-state index contributed by atoms with van der Waals surface area (Å²) in [6, 6.07) is 0. The quantitative estimate of drug-likeness (QED) is 0.514. The first-order valence-corrected chi connectivity index (χ1v) is 10.3. The fraction of sp³-hybridized carbons (Fsp3) is 1.00. The van der Waals surface area contributed by atoms with Crippen LogP contribution >= 0.6 is 0 Å². The second-order valence-corrected chi connectivity index (χ2v) is 8.51.